The third kappa shape index (κ3) is 1.14. The minimum Gasteiger partial charge on any atom is -0.206 e. The highest BCUT2D eigenvalue weighted by Gasteiger charge is 2.03. The molecule has 0 heterocycles. The van der Waals surface area contributed by atoms with Crippen LogP contribution < -0.4 is 0 Å². The summed E-state index contributed by atoms with van der Waals surface area (Å²) >= 11 is 5.72. The van der Waals surface area contributed by atoms with Crippen molar-refractivity contribution in [1.29, 1.82) is 0 Å². The van der Waals surface area contributed by atoms with E-state index in [1.54, 1.807) is 13.0 Å². The average Bonchev–Trinajstić information content (AvgIpc) is 1.93. The van der Waals surface area contributed by atoms with E-state index in [1.807, 2.05) is 6.92 Å². The molecule has 0 atom stereocenters. The summed E-state index contributed by atoms with van der Waals surface area (Å²) in [6.07, 6.45) is 0. The second-order valence-electron chi connectivity index (χ2n) is 2.22. The van der Waals surface area contributed by atoms with Gasteiger partial charge in [0.1, 0.15) is 5.82 Å². The van der Waals surface area contributed by atoms with Crippen molar-refractivity contribution >= 4 is 11.6 Å². The third-order valence-electron chi connectivity index (χ3n) is 1.42. The van der Waals surface area contributed by atoms with E-state index in [-0.39, 0.29) is 5.82 Å². The Morgan fingerprint density at radius 1 is 1.50 bits per heavy atom. The molecule has 0 spiro atoms. The molecule has 0 fully saturated rings. The number of rotatable bonds is 0. The van der Waals surface area contributed by atoms with Crippen LogP contribution in [-0.4, -0.2) is 0 Å². The maximum Gasteiger partial charge on any atom is 0.135 e. The molecule has 0 bridgehead atoms. The summed E-state index contributed by atoms with van der Waals surface area (Å²) in [7, 11) is 0. The fourth-order valence-corrected chi connectivity index (χ4v) is 0.873. The Hall–Kier alpha value is -0.560. The molecule has 0 aliphatic rings. The summed E-state index contributed by atoms with van der Waals surface area (Å²) in [6, 6.07) is 4.00. The predicted octanol–water partition coefficient (Wildman–Crippen LogP) is 2.90. The number of halogens is 2. The monoisotopic (exact) mass is 157 g/mol. The van der Waals surface area contributed by atoms with Gasteiger partial charge in [-0.1, -0.05) is 11.6 Å². The van der Waals surface area contributed by atoms with Gasteiger partial charge in [-0.3, -0.25) is 0 Å². The molecule has 1 aromatic carbocycles. The molecule has 0 aromatic heterocycles. The van der Waals surface area contributed by atoms with E-state index in [1.165, 1.54) is 0 Å². The molecule has 1 radical (unpaired) electrons. The van der Waals surface area contributed by atoms with Crippen LogP contribution in [0.4, 0.5) is 4.39 Å². The Morgan fingerprint density at radius 3 is 2.60 bits per heavy atom. The predicted molar refractivity (Wildman–Crippen MR) is 39.7 cm³/mol. The molecule has 10 heavy (non-hydrogen) atoms. The van der Waals surface area contributed by atoms with Gasteiger partial charge in [0.15, 0.2) is 0 Å². The van der Waals surface area contributed by atoms with Crippen LogP contribution in [0, 0.1) is 25.7 Å². The molecule has 0 amide bonds. The Balaban J connectivity index is 3.34. The Bertz CT molecular complexity index is 229. The van der Waals surface area contributed by atoms with Gasteiger partial charge in [-0.2, -0.15) is 0 Å². The smallest absolute Gasteiger partial charge is 0.135 e. The highest BCUT2D eigenvalue weighted by atomic mass is 35.5. The Morgan fingerprint density at radius 2 is 2.10 bits per heavy atom. The van der Waals surface area contributed by atoms with Crippen molar-refractivity contribution in [2.45, 2.75) is 13.8 Å². The van der Waals surface area contributed by atoms with Crippen LogP contribution in [0.25, 0.3) is 0 Å². The van der Waals surface area contributed by atoms with Crippen molar-refractivity contribution in [1.82, 2.24) is 0 Å². The van der Waals surface area contributed by atoms with Crippen molar-refractivity contribution in [2.75, 3.05) is 0 Å². The first kappa shape index (κ1) is 7.55. The average molecular weight is 158 g/mol. The number of hydrogen-bond donors (Lipinski definition) is 0. The molecule has 0 saturated carbocycles. The summed E-state index contributed by atoms with van der Waals surface area (Å²) in [5.41, 5.74) is 1.34. The molecule has 1 aromatic rings. The van der Waals surface area contributed by atoms with E-state index in [0.29, 0.717) is 10.6 Å². The van der Waals surface area contributed by atoms with Crippen molar-refractivity contribution < 1.29 is 4.39 Å². The summed E-state index contributed by atoms with van der Waals surface area (Å²) < 4.78 is 12.6. The topological polar surface area (TPSA) is 0 Å². The molecule has 0 unspecified atom stereocenters. The van der Waals surface area contributed by atoms with Crippen LogP contribution in [-0.2, 0) is 0 Å². The largest absolute Gasteiger partial charge is 0.206 e. The van der Waals surface area contributed by atoms with E-state index in [4.69, 9.17) is 11.6 Å². The van der Waals surface area contributed by atoms with E-state index < -0.39 is 0 Å². The number of benzene rings is 1. The van der Waals surface area contributed by atoms with Crippen LogP contribution in [0.2, 0.25) is 5.02 Å². The first-order chi connectivity index (χ1) is 4.63. The van der Waals surface area contributed by atoms with E-state index >= 15 is 0 Å². The molecule has 0 nitrogen and oxygen atoms in total. The Labute approximate surface area is 64.6 Å². The van der Waals surface area contributed by atoms with E-state index in [2.05, 4.69) is 6.07 Å². The van der Waals surface area contributed by atoms with Gasteiger partial charge in [0.25, 0.3) is 0 Å². The first-order valence-corrected chi connectivity index (χ1v) is 3.33. The van der Waals surface area contributed by atoms with Crippen LogP contribution in [0.15, 0.2) is 6.07 Å². The maximum absolute atomic E-state index is 12.6. The normalized spacial score (nSPS) is 10.0. The summed E-state index contributed by atoms with van der Waals surface area (Å²) in [5, 5.41) is 0.497. The minimum atomic E-state index is -0.365. The second kappa shape index (κ2) is 2.59. The lowest BCUT2D eigenvalue weighted by Gasteiger charge is -2.00. The SMILES string of the molecule is Cc1c[c]c(F)c(C)c1Cl. The van der Waals surface area contributed by atoms with Crippen LogP contribution in [0.5, 0.6) is 0 Å². The van der Waals surface area contributed by atoms with Gasteiger partial charge < -0.3 is 0 Å². The molecule has 1 rings (SSSR count). The van der Waals surface area contributed by atoms with Gasteiger partial charge in [0.05, 0.1) is 0 Å². The molecule has 2 heteroatoms. The van der Waals surface area contributed by atoms with Crippen LogP contribution >= 0.6 is 11.6 Å². The van der Waals surface area contributed by atoms with Crippen LogP contribution in [0.3, 0.4) is 0 Å². The molecule has 0 saturated heterocycles. The number of aryl methyl sites for hydroxylation is 1. The van der Waals surface area contributed by atoms with Gasteiger partial charge >= 0.3 is 0 Å². The lowest BCUT2D eigenvalue weighted by Crippen LogP contribution is -1.85. The molecule has 0 aliphatic carbocycles. The minimum absolute atomic E-state index is 0.365. The van der Waals surface area contributed by atoms with Gasteiger partial charge in [-0.15, -0.1) is 0 Å². The van der Waals surface area contributed by atoms with Crippen molar-refractivity contribution in [3.63, 3.8) is 0 Å². The van der Waals surface area contributed by atoms with Gasteiger partial charge in [-0.05, 0) is 25.5 Å². The van der Waals surface area contributed by atoms with E-state index in [0.717, 1.165) is 5.56 Å². The molecule has 53 valence electrons. The van der Waals surface area contributed by atoms with E-state index in [9.17, 15) is 4.39 Å². The highest BCUT2D eigenvalue weighted by molar-refractivity contribution is 6.32. The maximum atomic E-state index is 12.6. The van der Waals surface area contributed by atoms with Crippen molar-refractivity contribution in [2.24, 2.45) is 0 Å². The fraction of sp³-hybridized carbons (Fsp3) is 0.250. The number of hydrogen-bond acceptors (Lipinski definition) is 0. The first-order valence-electron chi connectivity index (χ1n) is 2.96. The quantitative estimate of drug-likeness (QED) is 0.543. The van der Waals surface area contributed by atoms with Crippen molar-refractivity contribution in [3.05, 3.63) is 34.1 Å². The highest BCUT2D eigenvalue weighted by Crippen LogP contribution is 2.21. The molecular weight excluding hydrogens is 151 g/mol. The molecule has 0 N–H and O–H groups in total. The zero-order valence-corrected chi connectivity index (χ0v) is 6.59. The zero-order valence-electron chi connectivity index (χ0n) is 5.83. The summed E-state index contributed by atoms with van der Waals surface area (Å²) in [5.74, 6) is -0.365. The van der Waals surface area contributed by atoms with Gasteiger partial charge in [-0.25, -0.2) is 4.39 Å². The lowest BCUT2D eigenvalue weighted by atomic mass is 10.1. The van der Waals surface area contributed by atoms with Crippen LogP contribution in [0.1, 0.15) is 11.1 Å². The Kier molecular flexibility index (Phi) is 1.95. The van der Waals surface area contributed by atoms with Gasteiger partial charge in [0.2, 0.25) is 0 Å². The second-order valence-corrected chi connectivity index (χ2v) is 2.60. The fourth-order valence-electron chi connectivity index (χ4n) is 0.735. The molecule has 0 aliphatic heterocycles. The van der Waals surface area contributed by atoms with Gasteiger partial charge in [0, 0.05) is 16.7 Å². The molecular formula is C8H7ClF. The van der Waals surface area contributed by atoms with Crippen molar-refractivity contribution in [3.8, 4) is 0 Å². The summed E-state index contributed by atoms with van der Waals surface area (Å²) in [6.45, 7) is 3.46. The summed E-state index contributed by atoms with van der Waals surface area (Å²) in [4.78, 5) is 0. The zero-order chi connectivity index (χ0) is 7.72. The lowest BCUT2D eigenvalue weighted by molar-refractivity contribution is 0.616. The standard InChI is InChI=1S/C8H7ClF/c1-5-3-4-7(10)6(2)8(5)9/h3H,1-2H3. The third-order valence-corrected chi connectivity index (χ3v) is 2.00.